The number of halogens is 3. The number of amides is 1. The van der Waals surface area contributed by atoms with Crippen molar-refractivity contribution < 1.29 is 27.9 Å². The van der Waals surface area contributed by atoms with Crippen LogP contribution in [0.15, 0.2) is 39.0 Å². The molecule has 1 aromatic heterocycles. The van der Waals surface area contributed by atoms with Crippen molar-refractivity contribution >= 4 is 79.9 Å². The van der Waals surface area contributed by atoms with Crippen molar-refractivity contribution in [2.24, 2.45) is 0 Å². The van der Waals surface area contributed by atoms with E-state index >= 15 is 0 Å². The lowest BCUT2D eigenvalue weighted by Gasteiger charge is -2.18. The van der Waals surface area contributed by atoms with Crippen molar-refractivity contribution in [1.29, 1.82) is 0 Å². The first kappa shape index (κ1) is 26.5. The van der Waals surface area contributed by atoms with Gasteiger partial charge in [0.05, 0.1) is 20.8 Å². The first-order valence-electron chi connectivity index (χ1n) is 10.5. The van der Waals surface area contributed by atoms with Gasteiger partial charge in [0.1, 0.15) is 20.4 Å². The second-order valence-corrected chi connectivity index (χ2v) is 11.2. The third-order valence-corrected chi connectivity index (χ3v) is 9.16. The molecule has 4 rings (SSSR count). The van der Waals surface area contributed by atoms with Crippen LogP contribution in [0.4, 0.5) is 18.9 Å². The first-order chi connectivity index (χ1) is 17.0. The highest BCUT2D eigenvalue weighted by Crippen LogP contribution is 2.47. The quantitative estimate of drug-likeness (QED) is 0.546. The van der Waals surface area contributed by atoms with Gasteiger partial charge >= 0.3 is 12.1 Å². The monoisotopic (exact) mass is 573 g/mol. The minimum atomic E-state index is -4.45. The molecule has 14 heteroatoms. The molecule has 0 bridgehead atoms. The van der Waals surface area contributed by atoms with Crippen LogP contribution in [0, 0.1) is 0 Å². The molecule has 1 fully saturated rings. The maximum Gasteiger partial charge on any atom is 0.416 e. The van der Waals surface area contributed by atoms with Crippen LogP contribution in [0.1, 0.15) is 19.4 Å². The summed E-state index contributed by atoms with van der Waals surface area (Å²) in [5.74, 6) is -1.77. The fourth-order valence-electron chi connectivity index (χ4n) is 3.66. The van der Waals surface area contributed by atoms with E-state index < -0.39 is 30.2 Å². The van der Waals surface area contributed by atoms with Crippen LogP contribution in [0.2, 0.25) is 0 Å². The number of carboxylic acid groups (broad SMARTS) is 1. The number of fused-ring (bicyclic) bond motifs is 1. The molecule has 36 heavy (non-hydrogen) atoms. The Morgan fingerprint density at radius 3 is 2.44 bits per heavy atom. The number of allylic oxidation sites excluding steroid dienone is 1. The van der Waals surface area contributed by atoms with Gasteiger partial charge < -0.3 is 10.0 Å². The standard InChI is InChI=1S/C22H18F3N3O4S4/c1-3-26-12-9-11(22(23,24)25)5-6-13(12)34-15(26)8-7-14-18(31)27(4-2)20(35-14)17-19(32)28(10-16(29)30)21(33)36-17/h5-9H,3-4,10H2,1-2H3,(H,29,30). The zero-order valence-electron chi connectivity index (χ0n) is 18.8. The predicted octanol–water partition coefficient (Wildman–Crippen LogP) is 3.26. The zero-order valence-corrected chi connectivity index (χ0v) is 22.1. The van der Waals surface area contributed by atoms with E-state index in [0.29, 0.717) is 31.4 Å². The lowest BCUT2D eigenvalue weighted by atomic mass is 10.2. The van der Waals surface area contributed by atoms with Crippen LogP contribution in [0.5, 0.6) is 0 Å². The Morgan fingerprint density at radius 1 is 1.11 bits per heavy atom. The first-order valence-corrected chi connectivity index (χ1v) is 13.4. The average Bonchev–Trinajstić information content (AvgIpc) is 3.42. The van der Waals surface area contributed by atoms with Gasteiger partial charge in [-0.25, -0.2) is 0 Å². The summed E-state index contributed by atoms with van der Waals surface area (Å²) in [5, 5.41) is 9.72. The summed E-state index contributed by atoms with van der Waals surface area (Å²) < 4.78 is 41.8. The van der Waals surface area contributed by atoms with E-state index in [9.17, 15) is 27.6 Å². The molecule has 0 radical (unpaired) electrons. The van der Waals surface area contributed by atoms with Gasteiger partial charge in [0, 0.05) is 18.0 Å². The third kappa shape index (κ3) is 4.86. The van der Waals surface area contributed by atoms with Gasteiger partial charge in [0.15, 0.2) is 0 Å². The Kier molecular flexibility index (Phi) is 7.42. The summed E-state index contributed by atoms with van der Waals surface area (Å²) in [6.45, 7) is 3.71. The summed E-state index contributed by atoms with van der Waals surface area (Å²) in [6.07, 6.45) is -1.19. The van der Waals surface area contributed by atoms with Gasteiger partial charge in [-0.3, -0.25) is 23.9 Å². The molecule has 0 atom stereocenters. The van der Waals surface area contributed by atoms with Crippen molar-refractivity contribution in [3.05, 3.63) is 54.4 Å². The van der Waals surface area contributed by atoms with Crippen molar-refractivity contribution in [3.8, 4) is 0 Å². The number of hydrogen-bond donors (Lipinski definition) is 1. The van der Waals surface area contributed by atoms with E-state index in [1.54, 1.807) is 24.0 Å². The number of thioether (sulfide) groups is 2. The molecule has 2 aromatic rings. The van der Waals surface area contributed by atoms with Crippen LogP contribution < -0.4 is 19.7 Å². The van der Waals surface area contributed by atoms with E-state index in [4.69, 9.17) is 17.3 Å². The Bertz CT molecular complexity index is 1490. The normalized spacial score (nSPS) is 19.1. The van der Waals surface area contributed by atoms with E-state index in [2.05, 4.69) is 0 Å². The molecule has 0 unspecified atom stereocenters. The van der Waals surface area contributed by atoms with Crippen molar-refractivity contribution in [2.75, 3.05) is 18.0 Å². The summed E-state index contributed by atoms with van der Waals surface area (Å²) >= 11 is 8.48. The largest absolute Gasteiger partial charge is 0.480 e. The smallest absolute Gasteiger partial charge is 0.416 e. The molecule has 0 aliphatic carbocycles. The topological polar surface area (TPSA) is 82.8 Å². The maximum atomic E-state index is 13.2. The van der Waals surface area contributed by atoms with Crippen molar-refractivity contribution in [2.45, 2.75) is 31.5 Å². The number of carbonyl (C=O) groups is 2. The molecular formula is C22H18F3N3O4S4. The predicted molar refractivity (Wildman–Crippen MR) is 139 cm³/mol. The summed E-state index contributed by atoms with van der Waals surface area (Å²) in [5.41, 5.74) is -0.615. The lowest BCUT2D eigenvalue weighted by Crippen LogP contribution is -2.35. The van der Waals surface area contributed by atoms with Gasteiger partial charge in [-0.1, -0.05) is 35.7 Å². The van der Waals surface area contributed by atoms with E-state index in [1.807, 2.05) is 6.92 Å². The number of anilines is 1. The number of alkyl halides is 3. The van der Waals surface area contributed by atoms with Gasteiger partial charge in [-0.05, 0) is 44.2 Å². The number of aromatic nitrogens is 1. The van der Waals surface area contributed by atoms with E-state index in [1.165, 1.54) is 22.4 Å². The Morgan fingerprint density at radius 2 is 1.83 bits per heavy atom. The van der Waals surface area contributed by atoms with Gasteiger partial charge in [0.25, 0.3) is 11.5 Å². The molecule has 2 aliphatic rings. The highest BCUT2D eigenvalue weighted by molar-refractivity contribution is 8.30. The molecule has 0 saturated carbocycles. The fourth-order valence-corrected chi connectivity index (χ4v) is 7.29. The Labute approximate surface area is 220 Å². The minimum absolute atomic E-state index is 0.102. The molecule has 0 spiro atoms. The molecular weight excluding hydrogens is 556 g/mol. The minimum Gasteiger partial charge on any atom is -0.480 e. The number of carbonyl (C=O) groups excluding carboxylic acids is 1. The van der Waals surface area contributed by atoms with E-state index in [0.717, 1.165) is 40.1 Å². The fraction of sp³-hybridized carbons (Fsp3) is 0.273. The number of rotatable bonds is 5. The lowest BCUT2D eigenvalue weighted by molar-refractivity contribution is -0.140. The second-order valence-electron chi connectivity index (χ2n) is 7.50. The SMILES string of the molecule is CCN1C(=CC=c2sc(=C3SC(=S)N(CC(=O)O)C3=O)n(CC)c2=O)Sc2ccc(C(F)(F)F)cc21. The van der Waals surface area contributed by atoms with Crippen LogP contribution in [-0.2, 0) is 22.3 Å². The van der Waals surface area contributed by atoms with Crippen LogP contribution in [0.25, 0.3) is 11.0 Å². The molecule has 190 valence electrons. The van der Waals surface area contributed by atoms with Crippen molar-refractivity contribution in [3.63, 3.8) is 0 Å². The van der Waals surface area contributed by atoms with Crippen LogP contribution in [-0.4, -0.2) is 43.9 Å². The summed E-state index contributed by atoms with van der Waals surface area (Å²) in [4.78, 5) is 40.5. The highest BCUT2D eigenvalue weighted by atomic mass is 32.2. The van der Waals surface area contributed by atoms with Gasteiger partial charge in [-0.2, -0.15) is 13.2 Å². The molecule has 3 heterocycles. The third-order valence-electron chi connectivity index (χ3n) is 5.31. The number of hydrogen-bond acceptors (Lipinski definition) is 8. The summed E-state index contributed by atoms with van der Waals surface area (Å²) in [7, 11) is 0. The van der Waals surface area contributed by atoms with Crippen LogP contribution >= 0.6 is 47.1 Å². The second kappa shape index (κ2) is 10.1. The molecule has 1 amide bonds. The highest BCUT2D eigenvalue weighted by Gasteiger charge is 2.36. The number of thiocarbonyl (C=S) groups is 1. The zero-order chi connectivity index (χ0) is 26.4. The molecule has 1 aromatic carbocycles. The average molecular weight is 574 g/mol. The van der Waals surface area contributed by atoms with Crippen LogP contribution in [0.3, 0.4) is 0 Å². The maximum absolute atomic E-state index is 13.2. The Balaban J connectivity index is 1.76. The molecule has 1 N–H and O–H groups in total. The summed E-state index contributed by atoms with van der Waals surface area (Å²) in [6, 6.07) is 3.60. The van der Waals surface area contributed by atoms with Gasteiger partial charge in [0.2, 0.25) is 0 Å². The number of nitrogens with zero attached hydrogens (tertiary/aromatic N) is 3. The molecule has 1 saturated heterocycles. The number of carboxylic acids is 1. The van der Waals surface area contributed by atoms with E-state index in [-0.39, 0.29) is 21.3 Å². The van der Waals surface area contributed by atoms with Gasteiger partial charge in [-0.15, -0.1) is 11.3 Å². The molecule has 7 nitrogen and oxygen atoms in total. The number of benzene rings is 1. The Hall–Kier alpha value is -2.55. The van der Waals surface area contributed by atoms with Crippen molar-refractivity contribution in [1.82, 2.24) is 9.47 Å². The number of aliphatic carboxylic acids is 1. The number of thiazole rings is 1. The molecule has 2 aliphatic heterocycles.